The number of nitrogens with one attached hydrogen (secondary N) is 1. The highest BCUT2D eigenvalue weighted by Crippen LogP contribution is 2.19. The average molecular weight is 303 g/mol. The number of aryl methyl sites for hydroxylation is 1. The van der Waals surface area contributed by atoms with E-state index < -0.39 is 0 Å². The van der Waals surface area contributed by atoms with Crippen LogP contribution >= 0.6 is 12.4 Å². The van der Waals surface area contributed by atoms with Crippen molar-refractivity contribution in [2.75, 3.05) is 0 Å². The van der Waals surface area contributed by atoms with Gasteiger partial charge in [-0.1, -0.05) is 6.07 Å². The van der Waals surface area contributed by atoms with Crippen LogP contribution in [0.5, 0.6) is 0 Å². The first kappa shape index (κ1) is 13.8. The minimum Gasteiger partial charge on any atom is -0.287 e. The number of hydrogen-bond donors (Lipinski definition) is 1. The lowest BCUT2D eigenvalue weighted by Crippen LogP contribution is -2.24. The van der Waals surface area contributed by atoms with Crippen LogP contribution < -0.4 is 5.56 Å². The standard InChI is InChI=1S/C15H14N4O.ClH/c20-15-10-5-1-2-6-11(10)17-14-9-13(18-19(14)15)12-7-3-4-8-16-12;/h3-4,7-9,18H,1-2,5-6H2;1H. The van der Waals surface area contributed by atoms with E-state index in [1.54, 1.807) is 6.20 Å². The molecular weight excluding hydrogens is 288 g/mol. The Balaban J connectivity index is 0.00000132. The third kappa shape index (κ3) is 2.23. The van der Waals surface area contributed by atoms with Crippen molar-refractivity contribution in [1.29, 1.82) is 0 Å². The summed E-state index contributed by atoms with van der Waals surface area (Å²) in [6, 6.07) is 7.60. The molecule has 0 fully saturated rings. The molecule has 4 rings (SSSR count). The highest BCUT2D eigenvalue weighted by Gasteiger charge is 2.17. The van der Waals surface area contributed by atoms with Crippen LogP contribution in [0.1, 0.15) is 24.1 Å². The van der Waals surface area contributed by atoms with Gasteiger partial charge in [0.2, 0.25) is 0 Å². The van der Waals surface area contributed by atoms with E-state index in [2.05, 4.69) is 15.1 Å². The van der Waals surface area contributed by atoms with E-state index in [4.69, 9.17) is 0 Å². The maximum atomic E-state index is 12.5. The first-order chi connectivity index (χ1) is 9.83. The summed E-state index contributed by atoms with van der Waals surface area (Å²) < 4.78 is 1.54. The Morgan fingerprint density at radius 3 is 2.86 bits per heavy atom. The Morgan fingerprint density at radius 2 is 2.05 bits per heavy atom. The van der Waals surface area contributed by atoms with Crippen molar-refractivity contribution in [3.63, 3.8) is 0 Å². The molecule has 21 heavy (non-hydrogen) atoms. The lowest BCUT2D eigenvalue weighted by Gasteiger charge is -2.13. The number of aromatic nitrogens is 4. The summed E-state index contributed by atoms with van der Waals surface area (Å²) in [5.74, 6) is 0. The summed E-state index contributed by atoms with van der Waals surface area (Å²) in [7, 11) is 0. The second kappa shape index (κ2) is 5.33. The Hall–Kier alpha value is -2.14. The number of fused-ring (bicyclic) bond motifs is 2. The normalized spacial score (nSPS) is 13.7. The highest BCUT2D eigenvalue weighted by atomic mass is 35.5. The van der Waals surface area contributed by atoms with E-state index in [1.807, 2.05) is 24.3 Å². The molecule has 108 valence electrons. The van der Waals surface area contributed by atoms with Crippen molar-refractivity contribution >= 4 is 18.1 Å². The summed E-state index contributed by atoms with van der Waals surface area (Å²) in [6.07, 6.45) is 5.67. The SMILES string of the molecule is Cl.O=c1c2c(nc3cc(-c4ccccn4)[nH]n13)CCCC2. The molecule has 5 nitrogen and oxygen atoms in total. The van der Waals surface area contributed by atoms with Gasteiger partial charge in [-0.15, -0.1) is 12.4 Å². The smallest absolute Gasteiger partial charge is 0.276 e. The van der Waals surface area contributed by atoms with Crippen LogP contribution in [0.3, 0.4) is 0 Å². The first-order valence-electron chi connectivity index (χ1n) is 6.88. The van der Waals surface area contributed by atoms with Gasteiger partial charge in [0.15, 0.2) is 5.65 Å². The van der Waals surface area contributed by atoms with Gasteiger partial charge in [0, 0.05) is 17.8 Å². The van der Waals surface area contributed by atoms with Crippen molar-refractivity contribution in [3.05, 3.63) is 52.1 Å². The molecule has 0 saturated carbocycles. The van der Waals surface area contributed by atoms with Crippen LogP contribution in [-0.4, -0.2) is 19.6 Å². The molecule has 3 heterocycles. The fraction of sp³-hybridized carbons (Fsp3) is 0.267. The molecule has 0 aromatic carbocycles. The number of hydrogen-bond acceptors (Lipinski definition) is 3. The Labute approximate surface area is 127 Å². The van der Waals surface area contributed by atoms with E-state index >= 15 is 0 Å². The second-order valence-electron chi connectivity index (χ2n) is 5.13. The summed E-state index contributed by atoms with van der Waals surface area (Å²) in [5, 5.41) is 3.11. The van der Waals surface area contributed by atoms with Gasteiger partial charge in [0.25, 0.3) is 5.56 Å². The van der Waals surface area contributed by atoms with Crippen LogP contribution in [0.25, 0.3) is 17.0 Å². The largest absolute Gasteiger partial charge is 0.287 e. The molecule has 1 aliphatic carbocycles. The highest BCUT2D eigenvalue weighted by molar-refractivity contribution is 5.85. The van der Waals surface area contributed by atoms with E-state index in [0.717, 1.165) is 48.3 Å². The minimum absolute atomic E-state index is 0. The molecule has 0 saturated heterocycles. The van der Waals surface area contributed by atoms with E-state index in [1.165, 1.54) is 4.52 Å². The molecule has 6 heteroatoms. The van der Waals surface area contributed by atoms with Gasteiger partial charge in [-0.2, -0.15) is 0 Å². The predicted octanol–water partition coefficient (Wildman–Crippen LogP) is 2.39. The maximum absolute atomic E-state index is 12.5. The number of aromatic amines is 1. The molecule has 1 aliphatic rings. The van der Waals surface area contributed by atoms with Crippen molar-refractivity contribution in [2.45, 2.75) is 25.7 Å². The zero-order valence-corrected chi connectivity index (χ0v) is 12.2. The van der Waals surface area contributed by atoms with Gasteiger partial charge in [-0.05, 0) is 37.8 Å². The van der Waals surface area contributed by atoms with Crippen molar-refractivity contribution < 1.29 is 0 Å². The number of pyridine rings is 1. The molecule has 0 aliphatic heterocycles. The second-order valence-corrected chi connectivity index (χ2v) is 5.13. The third-order valence-electron chi connectivity index (χ3n) is 3.83. The maximum Gasteiger partial charge on any atom is 0.276 e. The molecule has 3 aromatic heterocycles. The quantitative estimate of drug-likeness (QED) is 0.750. The van der Waals surface area contributed by atoms with Crippen LogP contribution in [0.2, 0.25) is 0 Å². The summed E-state index contributed by atoms with van der Waals surface area (Å²) >= 11 is 0. The zero-order chi connectivity index (χ0) is 13.5. The van der Waals surface area contributed by atoms with E-state index in [-0.39, 0.29) is 18.0 Å². The fourth-order valence-electron chi connectivity index (χ4n) is 2.81. The number of halogens is 1. The number of nitrogens with zero attached hydrogens (tertiary/aromatic N) is 3. The van der Waals surface area contributed by atoms with Crippen LogP contribution in [-0.2, 0) is 12.8 Å². The van der Waals surface area contributed by atoms with Gasteiger partial charge in [0.05, 0.1) is 17.1 Å². The van der Waals surface area contributed by atoms with Gasteiger partial charge >= 0.3 is 0 Å². The molecular formula is C15H15ClN4O. The lowest BCUT2D eigenvalue weighted by molar-refractivity contribution is 0.651. The average Bonchev–Trinajstić information content (AvgIpc) is 2.93. The molecule has 3 aromatic rings. The van der Waals surface area contributed by atoms with Crippen LogP contribution in [0.15, 0.2) is 35.3 Å². The molecule has 0 spiro atoms. The van der Waals surface area contributed by atoms with Crippen LogP contribution in [0.4, 0.5) is 0 Å². The Bertz CT molecular complexity index is 838. The van der Waals surface area contributed by atoms with E-state index in [9.17, 15) is 4.79 Å². The number of H-pyrrole nitrogens is 1. The fourth-order valence-corrected chi connectivity index (χ4v) is 2.81. The van der Waals surface area contributed by atoms with Crippen molar-refractivity contribution in [2.24, 2.45) is 0 Å². The van der Waals surface area contributed by atoms with Gasteiger partial charge in [-0.3, -0.25) is 14.9 Å². The van der Waals surface area contributed by atoms with Gasteiger partial charge in [0.1, 0.15) is 0 Å². The number of rotatable bonds is 1. The molecule has 0 radical (unpaired) electrons. The monoisotopic (exact) mass is 302 g/mol. The Kier molecular flexibility index (Phi) is 3.51. The molecule has 0 bridgehead atoms. The van der Waals surface area contributed by atoms with Crippen LogP contribution in [0, 0.1) is 0 Å². The molecule has 0 atom stereocenters. The first-order valence-corrected chi connectivity index (χ1v) is 6.88. The Morgan fingerprint density at radius 1 is 1.19 bits per heavy atom. The van der Waals surface area contributed by atoms with Gasteiger partial charge in [-0.25, -0.2) is 9.50 Å². The predicted molar refractivity (Wildman–Crippen MR) is 82.9 cm³/mol. The topological polar surface area (TPSA) is 63.0 Å². The lowest BCUT2D eigenvalue weighted by atomic mass is 9.97. The van der Waals surface area contributed by atoms with E-state index in [0.29, 0.717) is 5.65 Å². The molecule has 0 amide bonds. The zero-order valence-electron chi connectivity index (χ0n) is 11.4. The van der Waals surface area contributed by atoms with Gasteiger partial charge < -0.3 is 0 Å². The van der Waals surface area contributed by atoms with Crippen molar-refractivity contribution in [3.8, 4) is 11.4 Å². The summed E-state index contributed by atoms with van der Waals surface area (Å²) in [5.41, 5.74) is 4.17. The van der Waals surface area contributed by atoms with Crippen molar-refractivity contribution in [1.82, 2.24) is 19.6 Å². The minimum atomic E-state index is 0. The molecule has 0 unspecified atom stereocenters. The molecule has 1 N–H and O–H groups in total. The third-order valence-corrected chi connectivity index (χ3v) is 3.83. The summed E-state index contributed by atoms with van der Waals surface area (Å²) in [4.78, 5) is 21.4. The summed E-state index contributed by atoms with van der Waals surface area (Å²) in [6.45, 7) is 0.